The molecule has 0 spiro atoms. The van der Waals surface area contributed by atoms with Gasteiger partial charge in [0.05, 0.1) is 6.04 Å². The van der Waals surface area contributed by atoms with Crippen molar-refractivity contribution in [3.63, 3.8) is 0 Å². The van der Waals surface area contributed by atoms with E-state index in [9.17, 15) is 19.5 Å². The molecule has 8 heteroatoms. The lowest BCUT2D eigenvalue weighted by Crippen LogP contribution is -2.38. The standard InChI is InChI=1S/C15H14ClN3O4/c16-8-9-17-14(22)18-11(10-4-2-1-3-5-10)6-7-12(13(20)21)19(18)15(17)23/h1-7,11-12H,8-9H2,(H,20,21)/t11-,12+/m0/s1. The van der Waals surface area contributed by atoms with Crippen molar-refractivity contribution in [3.05, 3.63) is 69.0 Å². The Hall–Kier alpha value is -2.54. The number of halogens is 1. The Balaban J connectivity index is 2.27. The smallest absolute Gasteiger partial charge is 0.348 e. The van der Waals surface area contributed by atoms with Crippen molar-refractivity contribution in [1.82, 2.24) is 13.9 Å². The largest absolute Gasteiger partial charge is 0.479 e. The van der Waals surface area contributed by atoms with Crippen molar-refractivity contribution in [2.75, 3.05) is 5.88 Å². The summed E-state index contributed by atoms with van der Waals surface area (Å²) in [6, 6.07) is 7.35. The minimum Gasteiger partial charge on any atom is -0.479 e. The number of nitrogens with zero attached hydrogens (tertiary/aromatic N) is 3. The molecule has 1 aromatic heterocycles. The van der Waals surface area contributed by atoms with E-state index in [2.05, 4.69) is 0 Å². The van der Waals surface area contributed by atoms with Crippen LogP contribution >= 0.6 is 11.6 Å². The van der Waals surface area contributed by atoms with Gasteiger partial charge in [-0.05, 0) is 5.56 Å². The summed E-state index contributed by atoms with van der Waals surface area (Å²) in [7, 11) is 0. The van der Waals surface area contributed by atoms with Gasteiger partial charge in [0, 0.05) is 12.4 Å². The first-order valence-corrected chi connectivity index (χ1v) is 7.55. The number of carboxylic acid groups (broad SMARTS) is 1. The minimum absolute atomic E-state index is 0.0278. The summed E-state index contributed by atoms with van der Waals surface area (Å²) in [4.78, 5) is 36.5. The predicted octanol–water partition coefficient (Wildman–Crippen LogP) is 0.835. The molecule has 2 heterocycles. The molecule has 0 bridgehead atoms. The van der Waals surface area contributed by atoms with Crippen LogP contribution in [0.4, 0.5) is 0 Å². The number of carboxylic acids is 1. The number of carbonyl (C=O) groups is 1. The fourth-order valence-electron chi connectivity index (χ4n) is 2.76. The van der Waals surface area contributed by atoms with Crippen molar-refractivity contribution in [2.45, 2.75) is 18.6 Å². The summed E-state index contributed by atoms with van der Waals surface area (Å²) >= 11 is 5.65. The molecule has 0 amide bonds. The summed E-state index contributed by atoms with van der Waals surface area (Å²) < 4.78 is 3.13. The van der Waals surface area contributed by atoms with Crippen molar-refractivity contribution in [2.24, 2.45) is 0 Å². The highest BCUT2D eigenvalue weighted by Gasteiger charge is 2.32. The highest BCUT2D eigenvalue weighted by atomic mass is 35.5. The van der Waals surface area contributed by atoms with E-state index in [1.807, 2.05) is 30.3 Å². The van der Waals surface area contributed by atoms with Crippen LogP contribution in [0.2, 0.25) is 0 Å². The number of alkyl halides is 1. The van der Waals surface area contributed by atoms with Crippen LogP contribution in [0.15, 0.2) is 52.1 Å². The lowest BCUT2D eigenvalue weighted by Gasteiger charge is -2.24. The second-order valence-electron chi connectivity index (χ2n) is 5.12. The van der Waals surface area contributed by atoms with Crippen LogP contribution in [0.3, 0.4) is 0 Å². The minimum atomic E-state index is -1.22. The molecule has 1 aliphatic heterocycles. The van der Waals surface area contributed by atoms with Gasteiger partial charge in [-0.2, -0.15) is 0 Å². The molecule has 23 heavy (non-hydrogen) atoms. The summed E-state index contributed by atoms with van der Waals surface area (Å²) in [5, 5.41) is 9.33. The molecule has 2 aromatic rings. The van der Waals surface area contributed by atoms with Gasteiger partial charge < -0.3 is 5.11 Å². The van der Waals surface area contributed by atoms with Gasteiger partial charge in [0.25, 0.3) is 0 Å². The highest BCUT2D eigenvalue weighted by molar-refractivity contribution is 6.17. The number of aromatic nitrogens is 3. The zero-order valence-corrected chi connectivity index (χ0v) is 12.8. The Morgan fingerprint density at radius 1 is 1.09 bits per heavy atom. The molecule has 0 saturated heterocycles. The summed E-state index contributed by atoms with van der Waals surface area (Å²) in [6.07, 6.45) is 3.05. The Morgan fingerprint density at radius 2 is 1.74 bits per heavy atom. The molecule has 2 atom stereocenters. The van der Waals surface area contributed by atoms with Gasteiger partial charge in [-0.3, -0.25) is 0 Å². The van der Waals surface area contributed by atoms with Crippen molar-refractivity contribution in [3.8, 4) is 0 Å². The number of rotatable bonds is 4. The molecule has 7 nitrogen and oxygen atoms in total. The fraction of sp³-hybridized carbons (Fsp3) is 0.267. The van der Waals surface area contributed by atoms with E-state index in [1.165, 1.54) is 10.8 Å². The van der Waals surface area contributed by atoms with Crippen LogP contribution in [0.25, 0.3) is 0 Å². The van der Waals surface area contributed by atoms with E-state index in [4.69, 9.17) is 11.6 Å². The monoisotopic (exact) mass is 335 g/mol. The zero-order chi connectivity index (χ0) is 16.6. The maximum Gasteiger partial charge on any atom is 0.348 e. The number of fused-ring (bicyclic) bond motifs is 1. The van der Waals surface area contributed by atoms with Gasteiger partial charge in [0.15, 0.2) is 6.04 Å². The van der Waals surface area contributed by atoms with Crippen molar-refractivity contribution >= 4 is 17.6 Å². The Bertz CT molecular complexity index is 878. The molecular weight excluding hydrogens is 322 g/mol. The topological polar surface area (TPSA) is 86.2 Å². The average molecular weight is 336 g/mol. The van der Waals surface area contributed by atoms with Crippen LogP contribution in [0.1, 0.15) is 17.6 Å². The number of allylic oxidation sites excluding steroid dienone is 1. The molecule has 0 radical (unpaired) electrons. The van der Waals surface area contributed by atoms with E-state index in [0.29, 0.717) is 0 Å². The van der Waals surface area contributed by atoms with E-state index in [1.54, 1.807) is 6.08 Å². The van der Waals surface area contributed by atoms with Crippen LogP contribution < -0.4 is 11.4 Å². The maximum absolute atomic E-state index is 12.6. The van der Waals surface area contributed by atoms with Gasteiger partial charge in [-0.25, -0.2) is 28.3 Å². The van der Waals surface area contributed by atoms with Crippen LogP contribution in [-0.4, -0.2) is 30.9 Å². The van der Waals surface area contributed by atoms with E-state index >= 15 is 0 Å². The molecule has 0 saturated carbocycles. The molecule has 0 aliphatic carbocycles. The van der Waals surface area contributed by atoms with Gasteiger partial charge in [0.2, 0.25) is 0 Å². The quantitative estimate of drug-likeness (QED) is 0.662. The predicted molar refractivity (Wildman–Crippen MR) is 84.1 cm³/mol. The second kappa shape index (κ2) is 5.92. The number of aliphatic carboxylic acids is 1. The lowest BCUT2D eigenvalue weighted by atomic mass is 10.0. The van der Waals surface area contributed by atoms with Gasteiger partial charge in [0.1, 0.15) is 0 Å². The molecular formula is C15H14ClN3O4. The third-order valence-electron chi connectivity index (χ3n) is 3.79. The summed E-state index contributed by atoms with van der Waals surface area (Å²) in [6.45, 7) is 0.0278. The van der Waals surface area contributed by atoms with Crippen molar-refractivity contribution in [1.29, 1.82) is 0 Å². The number of benzene rings is 1. The first kappa shape index (κ1) is 15.4. The fourth-order valence-corrected chi connectivity index (χ4v) is 2.93. The SMILES string of the molecule is O=C(O)[C@H]1C=C[C@@H](c2ccccc2)n2c(=O)n(CCCl)c(=O)n21. The third-order valence-corrected chi connectivity index (χ3v) is 3.96. The summed E-state index contributed by atoms with van der Waals surface area (Å²) in [5.41, 5.74) is -0.458. The van der Waals surface area contributed by atoms with Gasteiger partial charge >= 0.3 is 17.3 Å². The molecule has 1 N–H and O–H groups in total. The van der Waals surface area contributed by atoms with E-state index < -0.39 is 29.4 Å². The molecule has 120 valence electrons. The van der Waals surface area contributed by atoms with Crippen LogP contribution in [0, 0.1) is 0 Å². The number of hydrogen-bond donors (Lipinski definition) is 1. The molecule has 1 aromatic carbocycles. The van der Waals surface area contributed by atoms with E-state index in [-0.39, 0.29) is 12.4 Å². The summed E-state index contributed by atoms with van der Waals surface area (Å²) in [5.74, 6) is -1.12. The maximum atomic E-state index is 12.6. The normalized spacial score (nSPS) is 19.5. The zero-order valence-electron chi connectivity index (χ0n) is 12.0. The molecule has 1 aliphatic rings. The lowest BCUT2D eigenvalue weighted by molar-refractivity contribution is -0.140. The Kier molecular flexibility index (Phi) is 3.96. The molecule has 0 unspecified atom stereocenters. The van der Waals surface area contributed by atoms with Crippen LogP contribution in [-0.2, 0) is 11.3 Å². The first-order chi connectivity index (χ1) is 11.1. The van der Waals surface area contributed by atoms with Gasteiger partial charge in [-0.1, -0.05) is 42.5 Å². The average Bonchev–Trinajstić information content (AvgIpc) is 2.81. The first-order valence-electron chi connectivity index (χ1n) is 7.02. The third kappa shape index (κ3) is 2.43. The van der Waals surface area contributed by atoms with Gasteiger partial charge in [-0.15, -0.1) is 11.6 Å². The molecule has 0 fully saturated rings. The highest BCUT2D eigenvalue weighted by Crippen LogP contribution is 2.24. The Morgan fingerprint density at radius 3 is 2.35 bits per heavy atom. The second-order valence-corrected chi connectivity index (χ2v) is 5.50. The molecule has 3 rings (SSSR count). The van der Waals surface area contributed by atoms with Crippen LogP contribution in [0.5, 0.6) is 0 Å². The van der Waals surface area contributed by atoms with E-state index in [0.717, 1.165) is 14.8 Å². The Labute approximate surface area is 135 Å². The number of hydrogen-bond acceptors (Lipinski definition) is 3. The van der Waals surface area contributed by atoms with Crippen molar-refractivity contribution < 1.29 is 9.90 Å².